The zero-order chi connectivity index (χ0) is 17.1. The van der Waals surface area contributed by atoms with Crippen molar-refractivity contribution in [2.24, 2.45) is 0 Å². The van der Waals surface area contributed by atoms with Gasteiger partial charge in [0.1, 0.15) is 0 Å². The van der Waals surface area contributed by atoms with Crippen LogP contribution in [-0.4, -0.2) is 49.6 Å². The molecule has 0 atom stereocenters. The van der Waals surface area contributed by atoms with Crippen LogP contribution in [0.25, 0.3) is 0 Å². The lowest BCUT2D eigenvalue weighted by molar-refractivity contribution is 0.257. The van der Waals surface area contributed by atoms with Gasteiger partial charge in [0, 0.05) is 31.4 Å². The molecule has 0 heterocycles. The van der Waals surface area contributed by atoms with Gasteiger partial charge >= 0.3 is 0 Å². The third-order valence-electron chi connectivity index (χ3n) is 3.18. The first-order chi connectivity index (χ1) is 11.2. The minimum Gasteiger partial charge on any atom is -0.490 e. The summed E-state index contributed by atoms with van der Waals surface area (Å²) in [7, 11) is 0. The molecule has 0 unspecified atom stereocenters. The van der Waals surface area contributed by atoms with Gasteiger partial charge in [0.25, 0.3) is 0 Å². The van der Waals surface area contributed by atoms with Gasteiger partial charge in [0.15, 0.2) is 11.5 Å². The average Bonchev–Trinajstić information content (AvgIpc) is 2.51. The fourth-order valence-corrected chi connectivity index (χ4v) is 2.78. The number of hydrogen-bond donors (Lipinski definition) is 0. The van der Waals surface area contributed by atoms with Crippen molar-refractivity contribution in [3.63, 3.8) is 0 Å². The number of nitrogens with zero attached hydrogens (tertiary/aromatic N) is 1. The maximum atomic E-state index is 5.87. The second kappa shape index (κ2) is 13.7. The molecular weight excluding hydrogens is 373 g/mol. The van der Waals surface area contributed by atoms with E-state index in [4.69, 9.17) is 37.4 Å². The van der Waals surface area contributed by atoms with Crippen LogP contribution in [0.4, 0.5) is 0 Å². The Kier molecular flexibility index (Phi) is 13.4. The second-order valence-electron chi connectivity index (χ2n) is 4.87. The highest BCUT2D eigenvalue weighted by Gasteiger charge is 2.16. The Hall–Kier alpha value is -0.550. The molecule has 0 radical (unpaired) electrons. The van der Waals surface area contributed by atoms with Crippen LogP contribution in [0.1, 0.15) is 26.3 Å². The third kappa shape index (κ3) is 7.56. The molecule has 0 aliphatic carbocycles. The third-order valence-corrected chi connectivity index (χ3v) is 3.51. The maximum Gasteiger partial charge on any atom is 0.203 e. The van der Waals surface area contributed by atoms with Gasteiger partial charge in [0.05, 0.1) is 19.8 Å². The van der Waals surface area contributed by atoms with Crippen LogP contribution in [0.5, 0.6) is 17.2 Å². The Morgan fingerprint density at radius 2 is 1.29 bits per heavy atom. The van der Waals surface area contributed by atoms with Crippen LogP contribution in [0.2, 0.25) is 0 Å². The summed E-state index contributed by atoms with van der Waals surface area (Å²) in [6.45, 7) is 9.87. The molecule has 0 aromatic heterocycles. The topological polar surface area (TPSA) is 30.9 Å². The van der Waals surface area contributed by atoms with E-state index >= 15 is 0 Å². The molecule has 24 heavy (non-hydrogen) atoms. The number of halogens is 3. The summed E-state index contributed by atoms with van der Waals surface area (Å²) >= 11 is 11.7. The van der Waals surface area contributed by atoms with Crippen molar-refractivity contribution >= 4 is 35.6 Å². The Morgan fingerprint density at radius 3 is 1.67 bits per heavy atom. The molecule has 7 heteroatoms. The molecule has 1 aromatic rings. The molecule has 4 nitrogen and oxygen atoms in total. The Labute approximate surface area is 161 Å². The van der Waals surface area contributed by atoms with Crippen LogP contribution in [0.15, 0.2) is 12.1 Å². The molecule has 0 bridgehead atoms. The quantitative estimate of drug-likeness (QED) is 0.480. The molecule has 0 amide bonds. The van der Waals surface area contributed by atoms with Gasteiger partial charge in [-0.1, -0.05) is 0 Å². The van der Waals surface area contributed by atoms with Gasteiger partial charge in [-0.2, -0.15) is 0 Å². The van der Waals surface area contributed by atoms with Crippen LogP contribution in [-0.2, 0) is 6.54 Å². The predicted octanol–water partition coefficient (Wildman–Crippen LogP) is 4.58. The monoisotopic (exact) mass is 399 g/mol. The molecular formula is C17H28Cl3NO3. The molecule has 0 saturated heterocycles. The van der Waals surface area contributed by atoms with E-state index in [1.54, 1.807) is 0 Å². The number of alkyl halides is 2. The highest BCUT2D eigenvalue weighted by atomic mass is 35.5. The lowest BCUT2D eigenvalue weighted by atomic mass is 10.1. The molecule has 1 aromatic carbocycles. The van der Waals surface area contributed by atoms with Crippen molar-refractivity contribution in [2.45, 2.75) is 27.3 Å². The van der Waals surface area contributed by atoms with E-state index in [0.717, 1.165) is 25.2 Å². The van der Waals surface area contributed by atoms with Crippen molar-refractivity contribution in [1.29, 1.82) is 0 Å². The fourth-order valence-electron chi connectivity index (χ4n) is 2.30. The van der Waals surface area contributed by atoms with E-state index in [0.29, 0.717) is 48.8 Å². The lowest BCUT2D eigenvalue weighted by Crippen LogP contribution is -2.27. The zero-order valence-corrected chi connectivity index (χ0v) is 17.0. The summed E-state index contributed by atoms with van der Waals surface area (Å²) in [5, 5.41) is 0. The summed E-state index contributed by atoms with van der Waals surface area (Å²) in [5.41, 5.74) is 1.09. The number of ether oxygens (including phenoxy) is 3. The zero-order valence-electron chi connectivity index (χ0n) is 14.6. The number of benzene rings is 1. The summed E-state index contributed by atoms with van der Waals surface area (Å²) in [4.78, 5) is 2.21. The van der Waals surface area contributed by atoms with Crippen LogP contribution in [0.3, 0.4) is 0 Å². The molecule has 0 aliphatic heterocycles. The largest absolute Gasteiger partial charge is 0.490 e. The smallest absolute Gasteiger partial charge is 0.203 e. The minimum atomic E-state index is 0. The van der Waals surface area contributed by atoms with E-state index in [9.17, 15) is 0 Å². The standard InChI is InChI=1S/C17H27Cl2NO3.ClH/c1-4-21-15-11-14(13-20(9-7-18)10-8-19)12-16(22-5-2)17(15)23-6-3;/h11-12H,4-10,13H2,1-3H3;1H. The van der Waals surface area contributed by atoms with E-state index in [1.165, 1.54) is 0 Å². The number of rotatable bonds is 12. The normalized spacial score (nSPS) is 10.4. The summed E-state index contributed by atoms with van der Waals surface area (Å²) in [6, 6.07) is 4.01. The van der Waals surface area contributed by atoms with Crippen molar-refractivity contribution in [2.75, 3.05) is 44.7 Å². The fraction of sp³-hybridized carbons (Fsp3) is 0.647. The van der Waals surface area contributed by atoms with Gasteiger partial charge in [-0.3, -0.25) is 4.90 Å². The highest BCUT2D eigenvalue weighted by molar-refractivity contribution is 6.18. The summed E-state index contributed by atoms with van der Waals surface area (Å²) < 4.78 is 17.2. The molecule has 1 rings (SSSR count). The van der Waals surface area contributed by atoms with E-state index in [1.807, 2.05) is 32.9 Å². The summed E-state index contributed by atoms with van der Waals surface area (Å²) in [6.07, 6.45) is 0. The highest BCUT2D eigenvalue weighted by Crippen LogP contribution is 2.39. The van der Waals surface area contributed by atoms with Gasteiger partial charge in [-0.15, -0.1) is 35.6 Å². The van der Waals surface area contributed by atoms with Gasteiger partial charge in [-0.05, 0) is 38.5 Å². The van der Waals surface area contributed by atoms with Gasteiger partial charge in [-0.25, -0.2) is 0 Å². The molecule has 140 valence electrons. The van der Waals surface area contributed by atoms with Crippen molar-refractivity contribution in [1.82, 2.24) is 4.90 Å². The average molecular weight is 401 g/mol. The first kappa shape index (κ1) is 23.4. The van der Waals surface area contributed by atoms with Crippen molar-refractivity contribution in [3.05, 3.63) is 17.7 Å². The van der Waals surface area contributed by atoms with Gasteiger partial charge in [0.2, 0.25) is 5.75 Å². The second-order valence-corrected chi connectivity index (χ2v) is 5.63. The molecule has 0 saturated carbocycles. The van der Waals surface area contributed by atoms with Crippen LogP contribution < -0.4 is 14.2 Å². The van der Waals surface area contributed by atoms with Gasteiger partial charge < -0.3 is 14.2 Å². The molecule has 0 aliphatic rings. The first-order valence-electron chi connectivity index (χ1n) is 8.09. The minimum absolute atomic E-state index is 0. The molecule has 0 N–H and O–H groups in total. The van der Waals surface area contributed by atoms with E-state index in [-0.39, 0.29) is 12.4 Å². The van der Waals surface area contributed by atoms with Crippen LogP contribution >= 0.6 is 35.6 Å². The molecule has 0 fully saturated rings. The Bertz CT molecular complexity index is 428. The van der Waals surface area contributed by atoms with Crippen molar-refractivity contribution < 1.29 is 14.2 Å². The predicted molar refractivity (Wildman–Crippen MR) is 104 cm³/mol. The Balaban J connectivity index is 0.00000529. The van der Waals surface area contributed by atoms with Crippen molar-refractivity contribution in [3.8, 4) is 17.2 Å². The first-order valence-corrected chi connectivity index (χ1v) is 9.16. The SMILES string of the molecule is CCOc1cc(CN(CCCl)CCCl)cc(OCC)c1OCC.Cl. The summed E-state index contributed by atoms with van der Waals surface area (Å²) in [5.74, 6) is 3.25. The lowest BCUT2D eigenvalue weighted by Gasteiger charge is -2.22. The number of hydrogen-bond acceptors (Lipinski definition) is 4. The Morgan fingerprint density at radius 1 is 0.833 bits per heavy atom. The molecule has 0 spiro atoms. The van der Waals surface area contributed by atoms with Crippen LogP contribution in [0, 0.1) is 0 Å². The maximum absolute atomic E-state index is 5.87. The van der Waals surface area contributed by atoms with E-state index in [2.05, 4.69) is 4.90 Å². The van der Waals surface area contributed by atoms with E-state index < -0.39 is 0 Å².